The van der Waals surface area contributed by atoms with Crippen LogP contribution >= 0.6 is 8.09 Å². The van der Waals surface area contributed by atoms with Crippen LogP contribution < -0.4 is 16.5 Å². The second kappa shape index (κ2) is 7.64. The highest BCUT2D eigenvalue weighted by molar-refractivity contribution is 7.58. The van der Waals surface area contributed by atoms with Gasteiger partial charge < -0.3 is 20.3 Å². The maximum absolute atomic E-state index is 12.1. The summed E-state index contributed by atoms with van der Waals surface area (Å²) in [6.45, 7) is 4.62. The Bertz CT molecular complexity index is 804. The van der Waals surface area contributed by atoms with Crippen molar-refractivity contribution in [1.82, 2.24) is 14.6 Å². The predicted octanol–water partition coefficient (Wildman–Crippen LogP) is -0.900. The fraction of sp³-hybridized carbons (Fsp3) is 0.667. The molecule has 6 atom stereocenters. The topological polar surface area (TPSA) is 167 Å². The van der Waals surface area contributed by atoms with Crippen molar-refractivity contribution in [1.29, 1.82) is 0 Å². The molecule has 3 rings (SSSR count). The van der Waals surface area contributed by atoms with Crippen molar-refractivity contribution in [3.63, 3.8) is 0 Å². The Morgan fingerprint density at radius 3 is 3.00 bits per heavy atom. The average molecular weight is 419 g/mol. The van der Waals surface area contributed by atoms with Gasteiger partial charge in [-0.2, -0.15) is 18.9 Å². The Hall–Kier alpha value is -1.66. The van der Waals surface area contributed by atoms with Crippen molar-refractivity contribution in [2.24, 2.45) is 0 Å². The molecule has 0 amide bonds. The van der Waals surface area contributed by atoms with Gasteiger partial charge in [0.25, 0.3) is 0 Å². The van der Waals surface area contributed by atoms with Gasteiger partial charge in [-0.25, -0.2) is 4.79 Å². The molecule has 12 nitrogen and oxygen atoms in total. The predicted molar refractivity (Wildman–Crippen MR) is 96.6 cm³/mol. The maximum Gasteiger partial charge on any atom is 0.500 e. The first kappa shape index (κ1) is 21.1. The summed E-state index contributed by atoms with van der Waals surface area (Å²) in [5.41, 5.74) is 3.08. The number of anilines is 1. The van der Waals surface area contributed by atoms with E-state index in [4.69, 9.17) is 24.3 Å². The summed E-state index contributed by atoms with van der Waals surface area (Å²) in [5.74, 6) is -0.551. The lowest BCUT2D eigenvalue weighted by Gasteiger charge is -2.33. The quantitative estimate of drug-likeness (QED) is 0.345. The zero-order chi connectivity index (χ0) is 20.7. The lowest BCUT2D eigenvalue weighted by Crippen LogP contribution is -2.51. The van der Waals surface area contributed by atoms with Gasteiger partial charge in [-0.05, 0) is 26.8 Å². The first-order chi connectivity index (χ1) is 13.1. The second-order valence-corrected chi connectivity index (χ2v) is 8.51. The molecule has 2 saturated heterocycles. The monoisotopic (exact) mass is 419 g/mol. The molecule has 0 bridgehead atoms. The minimum Gasteiger partial charge on any atom is -0.465 e. The lowest BCUT2D eigenvalue weighted by molar-refractivity contribution is -0.145. The minimum atomic E-state index is -3.70. The number of carbonyl (C=O) groups excluding carboxylic acids is 1. The number of nitrogens with two attached hydrogens (primary N) is 1. The highest BCUT2D eigenvalue weighted by Crippen LogP contribution is 2.61. The highest BCUT2D eigenvalue weighted by atomic mass is 31.2. The van der Waals surface area contributed by atoms with Crippen LogP contribution in [0.1, 0.15) is 27.0 Å². The number of esters is 1. The first-order valence-electron chi connectivity index (χ1n) is 8.69. The molecule has 2 aliphatic heterocycles. The van der Waals surface area contributed by atoms with Crippen LogP contribution in [-0.2, 0) is 23.3 Å². The zero-order valence-corrected chi connectivity index (χ0v) is 16.5. The van der Waals surface area contributed by atoms with Gasteiger partial charge in [-0.3, -0.25) is 9.36 Å². The summed E-state index contributed by atoms with van der Waals surface area (Å²) in [6, 6.07) is 0.494. The fourth-order valence-corrected chi connectivity index (χ4v) is 4.93. The van der Waals surface area contributed by atoms with Gasteiger partial charge in [0, 0.05) is 6.20 Å². The van der Waals surface area contributed by atoms with Gasteiger partial charge in [-0.1, -0.05) is 0 Å². The van der Waals surface area contributed by atoms with Gasteiger partial charge in [-0.15, -0.1) is 5.09 Å². The minimum absolute atomic E-state index is 0.0355. The van der Waals surface area contributed by atoms with Crippen molar-refractivity contribution in [2.75, 3.05) is 18.9 Å². The van der Waals surface area contributed by atoms with Gasteiger partial charge in [0.2, 0.25) is 0 Å². The SMILES string of the molecule is CCOC(=O)[C@H](C)N[P+]1(O)OC[C@H]2O[C@@H](n3ccc(N)nc3=O)[C@](C)(O)[C@@H]2O1. The number of ether oxygens (including phenoxy) is 2. The van der Waals surface area contributed by atoms with Crippen molar-refractivity contribution in [2.45, 2.75) is 50.8 Å². The third-order valence-corrected chi connectivity index (χ3v) is 6.21. The highest BCUT2D eigenvalue weighted by Gasteiger charge is 2.65. The standard InChI is InChI=1S/C15H23N4O8P/c1-4-24-12(20)8(2)18-28(23)25-7-9-11(27-28)15(3,22)13(26-9)19-6-5-10(16)17-14(19)21/h5-6,8-9,11,13,18,22-23H,4,7H2,1-3H3,(H-,16,17,21)/p+1/t8-,9+,11+,13+,15+,28?/m0/s1. The average Bonchev–Trinajstić information content (AvgIpc) is 2.85. The summed E-state index contributed by atoms with van der Waals surface area (Å²) in [6.07, 6.45) is -1.58. The molecule has 1 unspecified atom stereocenters. The fourth-order valence-electron chi connectivity index (χ4n) is 3.14. The van der Waals surface area contributed by atoms with E-state index in [1.807, 2.05) is 0 Å². The molecule has 0 aromatic carbocycles. The molecule has 0 spiro atoms. The molecule has 1 aromatic rings. The second-order valence-electron chi connectivity index (χ2n) is 6.74. The molecule has 5 N–H and O–H groups in total. The van der Waals surface area contributed by atoms with E-state index in [0.29, 0.717) is 0 Å². The number of aliphatic hydroxyl groups is 1. The van der Waals surface area contributed by atoms with Gasteiger partial charge in [0.1, 0.15) is 30.2 Å². The number of aromatic nitrogens is 2. The first-order valence-corrected chi connectivity index (χ1v) is 10.3. The molecule has 1 aromatic heterocycles. The van der Waals surface area contributed by atoms with E-state index in [2.05, 4.69) is 10.1 Å². The van der Waals surface area contributed by atoms with E-state index in [-0.39, 0.29) is 19.0 Å². The van der Waals surface area contributed by atoms with E-state index >= 15 is 0 Å². The van der Waals surface area contributed by atoms with E-state index < -0.39 is 49.8 Å². The number of carbonyl (C=O) groups is 1. The Morgan fingerprint density at radius 1 is 1.64 bits per heavy atom. The number of hydrogen-bond donors (Lipinski definition) is 4. The molecule has 3 heterocycles. The van der Waals surface area contributed by atoms with Crippen LogP contribution in [0.15, 0.2) is 17.1 Å². The Morgan fingerprint density at radius 2 is 2.36 bits per heavy atom. The summed E-state index contributed by atoms with van der Waals surface area (Å²) >= 11 is 0. The van der Waals surface area contributed by atoms with Crippen molar-refractivity contribution in [3.05, 3.63) is 22.7 Å². The molecule has 156 valence electrons. The third kappa shape index (κ3) is 3.90. The molecule has 2 fully saturated rings. The Balaban J connectivity index is 1.79. The van der Waals surface area contributed by atoms with Gasteiger partial charge in [0.15, 0.2) is 12.3 Å². The molecular formula is C15H24N4O8P+. The summed E-state index contributed by atoms with van der Waals surface area (Å²) < 4.78 is 22.7. The Kier molecular flexibility index (Phi) is 5.74. The molecule has 2 aliphatic rings. The normalized spacial score (nSPS) is 36.0. The van der Waals surface area contributed by atoms with Crippen LogP contribution in [0.25, 0.3) is 0 Å². The third-order valence-electron chi connectivity index (χ3n) is 4.49. The largest absolute Gasteiger partial charge is 0.500 e. The maximum atomic E-state index is 12.1. The van der Waals surface area contributed by atoms with Crippen LogP contribution in [0, 0.1) is 0 Å². The van der Waals surface area contributed by atoms with Crippen LogP contribution in [0.4, 0.5) is 5.82 Å². The summed E-state index contributed by atoms with van der Waals surface area (Å²) in [7, 11) is -3.70. The van der Waals surface area contributed by atoms with Crippen molar-refractivity contribution < 1.29 is 33.3 Å². The number of rotatable bonds is 5. The van der Waals surface area contributed by atoms with Crippen LogP contribution in [-0.4, -0.2) is 62.6 Å². The number of nitrogens with zero attached hydrogens (tertiary/aromatic N) is 2. The molecule has 13 heteroatoms. The van der Waals surface area contributed by atoms with Crippen molar-refractivity contribution >= 4 is 19.9 Å². The van der Waals surface area contributed by atoms with Crippen molar-refractivity contribution in [3.8, 4) is 0 Å². The van der Waals surface area contributed by atoms with E-state index in [1.165, 1.54) is 26.1 Å². The van der Waals surface area contributed by atoms with E-state index in [0.717, 1.165) is 4.57 Å². The van der Waals surface area contributed by atoms with Crippen LogP contribution in [0.2, 0.25) is 0 Å². The van der Waals surface area contributed by atoms with Crippen LogP contribution in [0.5, 0.6) is 0 Å². The number of nitrogen functional groups attached to an aromatic ring is 1. The molecular weight excluding hydrogens is 395 g/mol. The zero-order valence-electron chi connectivity index (χ0n) is 15.6. The molecule has 0 saturated carbocycles. The van der Waals surface area contributed by atoms with E-state index in [9.17, 15) is 19.6 Å². The Labute approximate surface area is 161 Å². The lowest BCUT2D eigenvalue weighted by atomic mass is 9.96. The number of nitrogens with one attached hydrogen (secondary N) is 1. The van der Waals surface area contributed by atoms with Gasteiger partial charge >= 0.3 is 19.8 Å². The van der Waals surface area contributed by atoms with Gasteiger partial charge in [0.05, 0.1) is 6.61 Å². The smallest absolute Gasteiger partial charge is 0.465 e. The summed E-state index contributed by atoms with van der Waals surface area (Å²) in [4.78, 5) is 38.2. The molecule has 0 aliphatic carbocycles. The van der Waals surface area contributed by atoms with Crippen LogP contribution in [0.3, 0.4) is 0 Å². The number of fused-ring (bicyclic) bond motifs is 1. The molecule has 28 heavy (non-hydrogen) atoms. The number of hydrogen-bond acceptors (Lipinski definition) is 11. The molecule has 0 radical (unpaired) electrons. The summed E-state index contributed by atoms with van der Waals surface area (Å²) in [5, 5.41) is 13.6. The van der Waals surface area contributed by atoms with E-state index in [1.54, 1.807) is 6.92 Å².